The Hall–Kier alpha value is -2.18. The second-order valence-corrected chi connectivity index (χ2v) is 7.71. The van der Waals surface area contributed by atoms with Gasteiger partial charge in [-0.05, 0) is 25.5 Å². The summed E-state index contributed by atoms with van der Waals surface area (Å²) < 4.78 is 0. The molecule has 0 spiro atoms. The number of hydrogen-bond donors (Lipinski definition) is 1. The molecule has 25 heavy (non-hydrogen) atoms. The number of aromatic nitrogens is 3. The Morgan fingerprint density at radius 1 is 1.12 bits per heavy atom. The minimum atomic E-state index is 0.859. The molecule has 0 radical (unpaired) electrons. The fourth-order valence-corrected chi connectivity index (χ4v) is 4.37. The second-order valence-electron chi connectivity index (χ2n) is 6.61. The predicted octanol–water partition coefficient (Wildman–Crippen LogP) is 3.77. The number of hydrogen-bond acceptors (Lipinski definition) is 5. The summed E-state index contributed by atoms with van der Waals surface area (Å²) in [6.07, 6.45) is 6.54. The largest absolute Gasteiger partial charge is 0.348 e. The zero-order valence-corrected chi connectivity index (χ0v) is 15.3. The van der Waals surface area contributed by atoms with Crippen LogP contribution >= 0.6 is 11.3 Å². The minimum Gasteiger partial charge on any atom is -0.348 e. The molecule has 0 aliphatic carbocycles. The van der Waals surface area contributed by atoms with E-state index in [4.69, 9.17) is 0 Å². The van der Waals surface area contributed by atoms with E-state index in [-0.39, 0.29) is 0 Å². The molecule has 130 valence electrons. The van der Waals surface area contributed by atoms with Gasteiger partial charge in [0, 0.05) is 42.8 Å². The summed E-state index contributed by atoms with van der Waals surface area (Å²) in [5.74, 6) is 0. The summed E-state index contributed by atoms with van der Waals surface area (Å²) in [5, 5.41) is 8.56. The Bertz CT molecular complexity index is 804. The van der Waals surface area contributed by atoms with Crippen molar-refractivity contribution < 1.29 is 0 Å². The molecule has 0 unspecified atom stereocenters. The molecule has 2 aromatic heterocycles. The van der Waals surface area contributed by atoms with Crippen molar-refractivity contribution in [3.8, 4) is 11.3 Å². The zero-order valence-electron chi connectivity index (χ0n) is 14.5. The minimum absolute atomic E-state index is 0.859. The highest BCUT2D eigenvalue weighted by Gasteiger charge is 2.16. The van der Waals surface area contributed by atoms with Gasteiger partial charge in [-0.25, -0.2) is 4.98 Å². The maximum Gasteiger partial charge on any atom is 0.185 e. The molecule has 3 aromatic rings. The average molecular weight is 353 g/mol. The molecule has 1 fully saturated rings. The van der Waals surface area contributed by atoms with Crippen LogP contribution in [0, 0.1) is 0 Å². The van der Waals surface area contributed by atoms with Gasteiger partial charge in [0.2, 0.25) is 0 Å². The first-order chi connectivity index (χ1) is 12.3. The van der Waals surface area contributed by atoms with E-state index < -0.39 is 0 Å². The van der Waals surface area contributed by atoms with Crippen LogP contribution in [0.3, 0.4) is 0 Å². The molecule has 4 rings (SSSR count). The van der Waals surface area contributed by atoms with Crippen molar-refractivity contribution in [2.45, 2.75) is 25.9 Å². The summed E-state index contributed by atoms with van der Waals surface area (Å²) in [6.45, 7) is 4.07. The molecule has 3 heterocycles. The van der Waals surface area contributed by atoms with Crippen molar-refractivity contribution in [2.75, 3.05) is 25.0 Å². The molecular weight excluding hydrogens is 330 g/mol. The first-order valence-corrected chi connectivity index (χ1v) is 9.57. The van der Waals surface area contributed by atoms with Crippen LogP contribution in [0.15, 0.2) is 42.7 Å². The van der Waals surface area contributed by atoms with E-state index in [0.29, 0.717) is 0 Å². The molecule has 5 nitrogen and oxygen atoms in total. The second kappa shape index (κ2) is 7.37. The predicted molar refractivity (Wildman–Crippen MR) is 103 cm³/mol. The lowest BCUT2D eigenvalue weighted by Crippen LogP contribution is -2.17. The summed E-state index contributed by atoms with van der Waals surface area (Å²) >= 11 is 1.82. The van der Waals surface area contributed by atoms with Crippen LogP contribution in [-0.4, -0.2) is 40.2 Å². The van der Waals surface area contributed by atoms with Crippen LogP contribution in [0.5, 0.6) is 0 Å². The molecule has 0 saturated carbocycles. The first kappa shape index (κ1) is 16.3. The van der Waals surface area contributed by atoms with Gasteiger partial charge in [0.25, 0.3) is 0 Å². The van der Waals surface area contributed by atoms with Gasteiger partial charge in [0.15, 0.2) is 5.13 Å². The summed E-state index contributed by atoms with van der Waals surface area (Å²) in [7, 11) is 2.15. The lowest BCUT2D eigenvalue weighted by molar-refractivity contribution is 0.322. The monoisotopic (exact) mass is 353 g/mol. The first-order valence-electron chi connectivity index (χ1n) is 8.75. The van der Waals surface area contributed by atoms with Gasteiger partial charge >= 0.3 is 0 Å². The highest BCUT2D eigenvalue weighted by Crippen LogP contribution is 2.27. The van der Waals surface area contributed by atoms with Gasteiger partial charge < -0.3 is 4.90 Å². The normalized spacial score (nSPS) is 14.6. The zero-order chi connectivity index (χ0) is 17.1. The van der Waals surface area contributed by atoms with Crippen molar-refractivity contribution >= 4 is 16.5 Å². The molecule has 1 N–H and O–H groups in total. The van der Waals surface area contributed by atoms with E-state index in [2.05, 4.69) is 56.3 Å². The Morgan fingerprint density at radius 3 is 2.72 bits per heavy atom. The summed E-state index contributed by atoms with van der Waals surface area (Å²) in [6, 6.07) is 10.4. The van der Waals surface area contributed by atoms with Crippen LogP contribution in [0.25, 0.3) is 11.3 Å². The van der Waals surface area contributed by atoms with Crippen molar-refractivity contribution in [3.05, 3.63) is 53.2 Å². The highest BCUT2D eigenvalue weighted by molar-refractivity contribution is 7.15. The Kier molecular flexibility index (Phi) is 4.81. The van der Waals surface area contributed by atoms with E-state index in [1.165, 1.54) is 34.0 Å². The van der Waals surface area contributed by atoms with Gasteiger partial charge in [-0.15, -0.1) is 11.3 Å². The lowest BCUT2D eigenvalue weighted by Gasteiger charge is -2.16. The standard InChI is InChI=1S/C19H23N5S/c1-23(14-17-12-20-19(25-17)24-9-5-6-10-24)13-16-11-21-22-18(16)15-7-3-2-4-8-15/h2-4,7-8,11-12H,5-6,9-10,13-14H2,1H3,(H,21,22). The Labute approximate surface area is 152 Å². The average Bonchev–Trinajstić information content (AvgIpc) is 3.37. The SMILES string of the molecule is CN(Cc1cnc(N2CCCC2)s1)Cc1cn[nH]c1-c1ccccc1. The van der Waals surface area contributed by atoms with Crippen LogP contribution in [-0.2, 0) is 13.1 Å². The molecule has 6 heteroatoms. The fraction of sp³-hybridized carbons (Fsp3) is 0.368. The summed E-state index contributed by atoms with van der Waals surface area (Å²) in [5.41, 5.74) is 3.50. The number of H-pyrrole nitrogens is 1. The molecule has 1 aliphatic rings. The van der Waals surface area contributed by atoms with Gasteiger partial charge in [-0.3, -0.25) is 10.00 Å². The van der Waals surface area contributed by atoms with Crippen LogP contribution < -0.4 is 4.90 Å². The lowest BCUT2D eigenvalue weighted by atomic mass is 10.1. The maximum atomic E-state index is 4.61. The summed E-state index contributed by atoms with van der Waals surface area (Å²) in [4.78, 5) is 10.6. The van der Waals surface area contributed by atoms with Crippen LogP contribution in [0.2, 0.25) is 0 Å². The Balaban J connectivity index is 1.41. The van der Waals surface area contributed by atoms with Gasteiger partial charge in [0.1, 0.15) is 0 Å². The van der Waals surface area contributed by atoms with Crippen molar-refractivity contribution in [3.63, 3.8) is 0 Å². The van der Waals surface area contributed by atoms with Gasteiger partial charge in [-0.1, -0.05) is 30.3 Å². The molecular formula is C19H23N5S. The van der Waals surface area contributed by atoms with E-state index in [0.717, 1.165) is 31.9 Å². The molecule has 1 aliphatic heterocycles. The smallest absolute Gasteiger partial charge is 0.185 e. The van der Waals surface area contributed by atoms with Crippen molar-refractivity contribution in [2.24, 2.45) is 0 Å². The number of benzene rings is 1. The fourth-order valence-electron chi connectivity index (χ4n) is 3.32. The third kappa shape index (κ3) is 3.75. The third-order valence-corrected chi connectivity index (χ3v) is 5.61. The van der Waals surface area contributed by atoms with Gasteiger partial charge in [-0.2, -0.15) is 5.10 Å². The third-order valence-electron chi connectivity index (χ3n) is 4.56. The molecule has 0 bridgehead atoms. The molecule has 0 amide bonds. The number of thiazole rings is 1. The Morgan fingerprint density at radius 2 is 1.92 bits per heavy atom. The number of rotatable bonds is 6. The van der Waals surface area contributed by atoms with Crippen molar-refractivity contribution in [1.82, 2.24) is 20.1 Å². The molecule has 1 aromatic carbocycles. The maximum absolute atomic E-state index is 4.61. The van der Waals surface area contributed by atoms with Crippen LogP contribution in [0.4, 0.5) is 5.13 Å². The molecule has 1 saturated heterocycles. The molecule has 0 atom stereocenters. The number of aromatic amines is 1. The highest BCUT2D eigenvalue weighted by atomic mass is 32.1. The van der Waals surface area contributed by atoms with Gasteiger partial charge in [0.05, 0.1) is 11.9 Å². The number of nitrogens with zero attached hydrogens (tertiary/aromatic N) is 4. The van der Waals surface area contributed by atoms with Crippen LogP contribution in [0.1, 0.15) is 23.3 Å². The quantitative estimate of drug-likeness (QED) is 0.733. The van der Waals surface area contributed by atoms with Crippen molar-refractivity contribution in [1.29, 1.82) is 0 Å². The number of anilines is 1. The number of nitrogens with one attached hydrogen (secondary N) is 1. The van der Waals surface area contributed by atoms with E-state index in [9.17, 15) is 0 Å². The topological polar surface area (TPSA) is 48.1 Å². The van der Waals surface area contributed by atoms with E-state index >= 15 is 0 Å². The van der Waals surface area contributed by atoms with E-state index in [1.807, 2.05) is 29.8 Å². The van der Waals surface area contributed by atoms with E-state index in [1.54, 1.807) is 0 Å².